The highest BCUT2D eigenvalue weighted by Gasteiger charge is 2.28. The van der Waals surface area contributed by atoms with Crippen molar-refractivity contribution in [2.24, 2.45) is 5.92 Å². The lowest BCUT2D eigenvalue weighted by atomic mass is 9.99. The maximum atomic E-state index is 13.1. The number of nitrogens with zero attached hydrogens (tertiary/aromatic N) is 1. The number of benzene rings is 2. The normalized spacial score (nSPS) is 14.9. The number of likely N-dealkylation sites (tertiary alicyclic amines) is 1. The first-order valence-electron chi connectivity index (χ1n) is 9.86. The smallest absolute Gasteiger partial charge is 0.291 e. The third kappa shape index (κ3) is 4.16. The van der Waals surface area contributed by atoms with E-state index in [9.17, 15) is 14.0 Å². The second kappa shape index (κ2) is 8.07. The van der Waals surface area contributed by atoms with Crippen LogP contribution in [0.3, 0.4) is 0 Å². The molecule has 1 aliphatic heterocycles. The summed E-state index contributed by atoms with van der Waals surface area (Å²) in [6, 6.07) is 13.1. The number of hydrogen-bond acceptors (Lipinski definition) is 3. The molecule has 1 fully saturated rings. The summed E-state index contributed by atoms with van der Waals surface area (Å²) in [4.78, 5) is 27.5. The lowest BCUT2D eigenvalue weighted by Crippen LogP contribution is -2.38. The Morgan fingerprint density at radius 3 is 2.52 bits per heavy atom. The molecule has 29 heavy (non-hydrogen) atoms. The maximum Gasteiger partial charge on any atom is 0.291 e. The Hall–Kier alpha value is -3.15. The highest BCUT2D eigenvalue weighted by molar-refractivity contribution is 6.11. The zero-order valence-corrected chi connectivity index (χ0v) is 16.3. The van der Waals surface area contributed by atoms with E-state index in [1.54, 1.807) is 23.1 Å². The van der Waals surface area contributed by atoms with E-state index >= 15 is 0 Å². The first-order chi connectivity index (χ1) is 14.0. The molecule has 0 spiro atoms. The Morgan fingerprint density at radius 2 is 1.79 bits per heavy atom. The van der Waals surface area contributed by atoms with Gasteiger partial charge in [-0.1, -0.05) is 31.2 Å². The van der Waals surface area contributed by atoms with Crippen molar-refractivity contribution in [2.45, 2.75) is 26.2 Å². The molecule has 5 nitrogen and oxygen atoms in total. The van der Waals surface area contributed by atoms with Crippen LogP contribution in [0.25, 0.3) is 11.0 Å². The number of piperidine rings is 1. The minimum Gasteiger partial charge on any atom is -0.449 e. The van der Waals surface area contributed by atoms with Crippen LogP contribution in [-0.2, 0) is 11.2 Å². The fraction of sp³-hybridized carbons (Fsp3) is 0.304. The second-order valence-electron chi connectivity index (χ2n) is 7.63. The fourth-order valence-electron chi connectivity index (χ4n) is 3.65. The van der Waals surface area contributed by atoms with Crippen LogP contribution in [0.1, 0.15) is 35.9 Å². The summed E-state index contributed by atoms with van der Waals surface area (Å²) in [5.41, 5.74) is 1.64. The van der Waals surface area contributed by atoms with Gasteiger partial charge in [-0.25, -0.2) is 4.39 Å². The second-order valence-corrected chi connectivity index (χ2v) is 7.63. The van der Waals surface area contributed by atoms with Crippen molar-refractivity contribution in [3.05, 3.63) is 65.7 Å². The predicted molar refractivity (Wildman–Crippen MR) is 109 cm³/mol. The third-order valence-electron chi connectivity index (χ3n) is 5.40. The van der Waals surface area contributed by atoms with Gasteiger partial charge in [-0.3, -0.25) is 9.59 Å². The van der Waals surface area contributed by atoms with Crippen LogP contribution in [0.2, 0.25) is 0 Å². The fourth-order valence-corrected chi connectivity index (χ4v) is 3.65. The minimum atomic E-state index is -0.348. The summed E-state index contributed by atoms with van der Waals surface area (Å²) in [6.07, 6.45) is 1.99. The van der Waals surface area contributed by atoms with Crippen molar-refractivity contribution in [1.82, 2.24) is 4.90 Å². The zero-order valence-electron chi connectivity index (χ0n) is 16.3. The van der Waals surface area contributed by atoms with Gasteiger partial charge in [0.25, 0.3) is 5.91 Å². The van der Waals surface area contributed by atoms with Crippen LogP contribution >= 0.6 is 0 Å². The molecule has 2 heterocycles. The maximum absolute atomic E-state index is 13.1. The number of amides is 2. The molecule has 6 heteroatoms. The van der Waals surface area contributed by atoms with Crippen molar-refractivity contribution in [3.8, 4) is 0 Å². The Kier molecular flexibility index (Phi) is 5.34. The van der Waals surface area contributed by atoms with Gasteiger partial charge in [0, 0.05) is 18.5 Å². The van der Waals surface area contributed by atoms with E-state index in [4.69, 9.17) is 4.42 Å². The molecule has 0 bridgehead atoms. The van der Waals surface area contributed by atoms with Gasteiger partial charge in [0.2, 0.25) is 11.7 Å². The highest BCUT2D eigenvalue weighted by Crippen LogP contribution is 2.32. The Balaban J connectivity index is 1.60. The van der Waals surface area contributed by atoms with Gasteiger partial charge in [-0.2, -0.15) is 0 Å². The van der Waals surface area contributed by atoms with Crippen LogP contribution < -0.4 is 5.32 Å². The number of rotatable bonds is 4. The molecule has 0 radical (unpaired) electrons. The van der Waals surface area contributed by atoms with E-state index in [0.29, 0.717) is 41.2 Å². The molecule has 2 aromatic carbocycles. The van der Waals surface area contributed by atoms with Crippen molar-refractivity contribution in [1.29, 1.82) is 0 Å². The van der Waals surface area contributed by atoms with E-state index in [1.165, 1.54) is 12.1 Å². The van der Waals surface area contributed by atoms with Gasteiger partial charge in [-0.05, 0) is 48.6 Å². The van der Waals surface area contributed by atoms with E-state index in [-0.39, 0.29) is 29.8 Å². The van der Waals surface area contributed by atoms with Gasteiger partial charge < -0.3 is 14.6 Å². The summed E-state index contributed by atoms with van der Waals surface area (Å²) in [7, 11) is 0. The monoisotopic (exact) mass is 394 g/mol. The van der Waals surface area contributed by atoms with Crippen LogP contribution in [0, 0.1) is 11.7 Å². The molecule has 1 N–H and O–H groups in total. The number of fused-ring (bicyclic) bond motifs is 1. The highest BCUT2D eigenvalue weighted by atomic mass is 19.1. The third-order valence-corrected chi connectivity index (χ3v) is 5.40. The van der Waals surface area contributed by atoms with E-state index in [2.05, 4.69) is 12.2 Å². The molecule has 2 amide bonds. The van der Waals surface area contributed by atoms with Crippen molar-refractivity contribution < 1.29 is 18.4 Å². The van der Waals surface area contributed by atoms with Crippen LogP contribution in [-0.4, -0.2) is 29.8 Å². The van der Waals surface area contributed by atoms with Crippen molar-refractivity contribution in [2.75, 3.05) is 18.4 Å². The topological polar surface area (TPSA) is 62.6 Å². The number of hydrogen-bond donors (Lipinski definition) is 1. The van der Waals surface area contributed by atoms with Gasteiger partial charge in [0.1, 0.15) is 17.1 Å². The molecule has 1 aliphatic rings. The largest absolute Gasteiger partial charge is 0.449 e. The molecule has 0 saturated carbocycles. The van der Waals surface area contributed by atoms with Crippen molar-refractivity contribution >= 4 is 28.5 Å². The molecular formula is C23H23FN2O3. The first kappa shape index (κ1) is 19.2. The van der Waals surface area contributed by atoms with Gasteiger partial charge in [0.05, 0.1) is 6.42 Å². The summed E-state index contributed by atoms with van der Waals surface area (Å²) < 4.78 is 18.9. The summed E-state index contributed by atoms with van der Waals surface area (Å²) >= 11 is 0. The zero-order chi connectivity index (χ0) is 20.4. The molecule has 1 aromatic heterocycles. The minimum absolute atomic E-state index is 0.0780. The van der Waals surface area contributed by atoms with Gasteiger partial charge in [-0.15, -0.1) is 0 Å². The van der Waals surface area contributed by atoms with Crippen LogP contribution in [0.5, 0.6) is 0 Å². The number of anilines is 1. The number of para-hydroxylation sites is 1. The van der Waals surface area contributed by atoms with E-state index < -0.39 is 0 Å². The predicted octanol–water partition coefficient (Wildman–Crippen LogP) is 4.63. The molecule has 4 rings (SSSR count). The lowest BCUT2D eigenvalue weighted by Gasteiger charge is -2.29. The molecule has 0 atom stereocenters. The van der Waals surface area contributed by atoms with Crippen molar-refractivity contribution in [3.63, 3.8) is 0 Å². The Morgan fingerprint density at radius 1 is 1.10 bits per heavy atom. The van der Waals surface area contributed by atoms with Crippen LogP contribution in [0.4, 0.5) is 10.1 Å². The van der Waals surface area contributed by atoms with Gasteiger partial charge in [0.15, 0.2) is 0 Å². The summed E-state index contributed by atoms with van der Waals surface area (Å²) in [5.74, 6) is -0.0776. The number of nitrogens with one attached hydrogen (secondary N) is 1. The van der Waals surface area contributed by atoms with Gasteiger partial charge >= 0.3 is 0 Å². The molecule has 0 aliphatic carbocycles. The molecular weight excluding hydrogens is 371 g/mol. The number of furan rings is 1. The average Bonchev–Trinajstić information content (AvgIpc) is 3.08. The quantitative estimate of drug-likeness (QED) is 0.702. The Labute approximate surface area is 168 Å². The molecule has 150 valence electrons. The Bertz CT molecular complexity index is 1030. The number of carbonyl (C=O) groups excluding carboxylic acids is 2. The van der Waals surface area contributed by atoms with E-state index in [0.717, 1.165) is 12.8 Å². The van der Waals surface area contributed by atoms with E-state index in [1.807, 2.05) is 18.2 Å². The standard InChI is InChI=1S/C23H23FN2O3/c1-15-10-12-26(13-11-15)23(28)22-21(18-4-2-3-5-19(18)29-22)25-20(27)14-16-6-8-17(24)9-7-16/h2-9,15H,10-14H2,1H3,(H,25,27). The average molecular weight is 394 g/mol. The number of carbonyl (C=O) groups is 2. The molecule has 1 saturated heterocycles. The molecule has 3 aromatic rings. The first-order valence-corrected chi connectivity index (χ1v) is 9.86. The molecule has 0 unspecified atom stereocenters. The summed E-state index contributed by atoms with van der Waals surface area (Å²) in [6.45, 7) is 3.55. The summed E-state index contributed by atoms with van der Waals surface area (Å²) in [5, 5.41) is 3.54. The SMILES string of the molecule is CC1CCN(C(=O)c2oc3ccccc3c2NC(=O)Cc2ccc(F)cc2)CC1. The lowest BCUT2D eigenvalue weighted by molar-refractivity contribution is -0.115. The number of halogens is 1. The van der Waals surface area contributed by atoms with Crippen LogP contribution in [0.15, 0.2) is 52.9 Å².